The zero-order valence-electron chi connectivity index (χ0n) is 17.0. The van der Waals surface area contributed by atoms with Crippen LogP contribution in [0, 0.1) is 17.8 Å². The Morgan fingerprint density at radius 1 is 1.07 bits per heavy atom. The lowest BCUT2D eigenvalue weighted by Gasteiger charge is -2.40. The predicted molar refractivity (Wildman–Crippen MR) is 107 cm³/mol. The van der Waals surface area contributed by atoms with E-state index in [1.54, 1.807) is 31.2 Å². The van der Waals surface area contributed by atoms with Crippen molar-refractivity contribution in [3.8, 4) is 0 Å². The first kappa shape index (κ1) is 19.6. The van der Waals surface area contributed by atoms with Crippen molar-refractivity contribution in [2.24, 2.45) is 10.8 Å². The highest BCUT2D eigenvalue weighted by atomic mass is 32.2. The Kier molecular flexibility index (Phi) is 3.94. The van der Waals surface area contributed by atoms with Crippen LogP contribution >= 0.6 is 0 Å². The van der Waals surface area contributed by atoms with Crippen molar-refractivity contribution in [3.05, 3.63) is 52.6 Å². The maximum Gasteiger partial charge on any atom is 0.241 e. The van der Waals surface area contributed by atoms with E-state index in [1.165, 1.54) is 0 Å². The number of nitrogens with one attached hydrogen (secondary N) is 1. The summed E-state index contributed by atoms with van der Waals surface area (Å²) in [6.07, 6.45) is 3.30. The van der Waals surface area contributed by atoms with Crippen molar-refractivity contribution in [1.82, 2.24) is 4.72 Å². The second-order valence-electron chi connectivity index (χ2n) is 9.27. The third kappa shape index (κ3) is 2.51. The Balaban J connectivity index is 1.81. The number of Topliss-reactive ketones (excluding diaryl/α,β-unsaturated/α-hetero) is 1. The molecule has 0 bridgehead atoms. The van der Waals surface area contributed by atoms with Gasteiger partial charge in [-0.2, -0.15) is 0 Å². The molecule has 28 heavy (non-hydrogen) atoms. The number of aliphatic hydroxyl groups is 1. The third-order valence-electron chi connectivity index (χ3n) is 6.93. The highest BCUT2D eigenvalue weighted by Crippen LogP contribution is 2.65. The largest absolute Gasteiger partial charge is 0.381 e. The number of fused-ring (bicyclic) bond motifs is 1. The molecule has 4 rings (SSSR count). The van der Waals surface area contributed by atoms with Gasteiger partial charge in [-0.3, -0.25) is 4.79 Å². The van der Waals surface area contributed by atoms with Gasteiger partial charge in [0.25, 0.3) is 0 Å². The molecule has 1 aromatic rings. The quantitative estimate of drug-likeness (QED) is 0.815. The minimum absolute atomic E-state index is 0.205. The minimum Gasteiger partial charge on any atom is -0.381 e. The molecule has 0 aliphatic heterocycles. The number of hydrogen-bond donors (Lipinski definition) is 2. The van der Waals surface area contributed by atoms with Crippen LogP contribution in [0.1, 0.15) is 46.1 Å². The molecule has 5 nitrogen and oxygen atoms in total. The molecule has 0 aromatic heterocycles. The fourth-order valence-electron chi connectivity index (χ4n) is 4.91. The summed E-state index contributed by atoms with van der Waals surface area (Å²) in [5.41, 5.74) is 0.536. The van der Waals surface area contributed by atoms with Gasteiger partial charge in [-0.15, -0.1) is 0 Å². The Labute approximate surface area is 166 Å². The van der Waals surface area contributed by atoms with Crippen molar-refractivity contribution in [3.63, 3.8) is 0 Å². The van der Waals surface area contributed by atoms with Crippen LogP contribution in [0.15, 0.2) is 52.0 Å². The number of ketones is 1. The molecule has 3 aliphatic rings. The molecule has 1 saturated carbocycles. The molecule has 1 spiro atoms. The van der Waals surface area contributed by atoms with E-state index in [9.17, 15) is 18.3 Å². The van der Waals surface area contributed by atoms with Crippen LogP contribution in [-0.2, 0) is 14.8 Å². The fraction of sp³-hybridized carbons (Fsp3) is 0.500. The van der Waals surface area contributed by atoms with Crippen LogP contribution in [0.3, 0.4) is 0 Å². The highest BCUT2D eigenvalue weighted by molar-refractivity contribution is 7.89. The first-order chi connectivity index (χ1) is 12.8. The maximum atomic E-state index is 13.1. The van der Waals surface area contributed by atoms with Gasteiger partial charge in [0.2, 0.25) is 10.0 Å². The van der Waals surface area contributed by atoms with Gasteiger partial charge in [-0.05, 0) is 51.3 Å². The number of aryl methyl sites for hydroxylation is 1. The Bertz CT molecular complexity index is 1040. The molecule has 1 unspecified atom stereocenters. The second kappa shape index (κ2) is 5.65. The van der Waals surface area contributed by atoms with Gasteiger partial charge < -0.3 is 5.11 Å². The first-order valence-electron chi connectivity index (χ1n) is 9.64. The van der Waals surface area contributed by atoms with Gasteiger partial charge in [0.05, 0.1) is 10.9 Å². The smallest absolute Gasteiger partial charge is 0.241 e. The van der Waals surface area contributed by atoms with Crippen LogP contribution < -0.4 is 4.72 Å². The lowest BCUT2D eigenvalue weighted by molar-refractivity contribution is -0.137. The molecule has 2 N–H and O–H groups in total. The number of rotatable bonds is 3. The maximum absolute atomic E-state index is 13.1. The van der Waals surface area contributed by atoms with Gasteiger partial charge in [-0.1, -0.05) is 43.2 Å². The third-order valence-corrected chi connectivity index (χ3v) is 8.37. The molecule has 1 fully saturated rings. The lowest BCUT2D eigenvalue weighted by Crippen LogP contribution is -2.51. The zero-order valence-corrected chi connectivity index (χ0v) is 17.8. The summed E-state index contributed by atoms with van der Waals surface area (Å²) in [6.45, 7) is 9.28. The topological polar surface area (TPSA) is 83.5 Å². The molecule has 3 aliphatic carbocycles. The monoisotopic (exact) mass is 401 g/mol. The number of carbonyl (C=O) groups is 1. The second-order valence-corrected chi connectivity index (χ2v) is 11.0. The van der Waals surface area contributed by atoms with Crippen LogP contribution in [0.5, 0.6) is 0 Å². The van der Waals surface area contributed by atoms with Gasteiger partial charge in [0.1, 0.15) is 5.60 Å². The fourth-order valence-corrected chi connectivity index (χ4v) is 6.27. The number of sulfonamides is 1. The molecule has 1 aromatic carbocycles. The Hall–Kier alpha value is -1.76. The molecule has 0 amide bonds. The standard InChI is InChI=1S/C22H27NO4S/c1-13-6-8-15(9-7-13)28(26,27)23-18-17-14(2)22(10-11-22)21(5,25)19(24)16(17)12-20(18,3)4/h6-9,12,18,23,25H,10-11H2,1-5H3/t18?,21-/m0/s1. The van der Waals surface area contributed by atoms with Crippen LogP contribution in [0.4, 0.5) is 0 Å². The molecule has 2 atom stereocenters. The minimum atomic E-state index is -3.76. The Morgan fingerprint density at radius 3 is 2.18 bits per heavy atom. The van der Waals surface area contributed by atoms with Crippen molar-refractivity contribution < 1.29 is 18.3 Å². The summed E-state index contributed by atoms with van der Waals surface area (Å²) >= 11 is 0. The van der Waals surface area contributed by atoms with Crippen LogP contribution in [0.25, 0.3) is 0 Å². The van der Waals surface area contributed by atoms with Crippen LogP contribution in [0.2, 0.25) is 0 Å². The van der Waals surface area contributed by atoms with Crippen molar-refractivity contribution in [1.29, 1.82) is 0 Å². The van der Waals surface area contributed by atoms with E-state index in [4.69, 9.17) is 0 Å². The van der Waals surface area contributed by atoms with E-state index in [0.717, 1.165) is 29.6 Å². The average Bonchev–Trinajstić information content (AvgIpc) is 3.36. The van der Waals surface area contributed by atoms with Crippen molar-refractivity contribution >= 4 is 15.8 Å². The summed E-state index contributed by atoms with van der Waals surface area (Å²) in [6, 6.07) is 6.17. The molecular weight excluding hydrogens is 374 g/mol. The van der Waals surface area contributed by atoms with Gasteiger partial charge in [0.15, 0.2) is 5.78 Å². The van der Waals surface area contributed by atoms with E-state index in [1.807, 2.05) is 33.8 Å². The summed E-state index contributed by atoms with van der Waals surface area (Å²) in [5.74, 6) is -0.296. The SMILES string of the molecule is CC1=C2C(=CC(C)(C)C2NS(=O)(=O)c2ccc(C)cc2)C(=O)[C@](C)(O)C12CC2. The van der Waals surface area contributed by atoms with E-state index in [-0.39, 0.29) is 10.7 Å². The number of hydrogen-bond acceptors (Lipinski definition) is 4. The van der Waals surface area contributed by atoms with Crippen molar-refractivity contribution in [2.45, 2.75) is 64.0 Å². The van der Waals surface area contributed by atoms with E-state index < -0.39 is 32.5 Å². The van der Waals surface area contributed by atoms with Crippen molar-refractivity contribution in [2.75, 3.05) is 0 Å². The molecule has 0 radical (unpaired) electrons. The Morgan fingerprint density at radius 2 is 1.64 bits per heavy atom. The van der Waals surface area contributed by atoms with E-state index in [2.05, 4.69) is 4.72 Å². The van der Waals surface area contributed by atoms with Gasteiger partial charge in [-0.25, -0.2) is 13.1 Å². The molecule has 150 valence electrons. The molecular formula is C22H27NO4S. The van der Waals surface area contributed by atoms with E-state index >= 15 is 0 Å². The van der Waals surface area contributed by atoms with Gasteiger partial charge >= 0.3 is 0 Å². The average molecular weight is 402 g/mol. The zero-order chi connectivity index (χ0) is 20.7. The van der Waals surface area contributed by atoms with E-state index in [0.29, 0.717) is 5.57 Å². The van der Waals surface area contributed by atoms with Crippen LogP contribution in [-0.4, -0.2) is 31.0 Å². The predicted octanol–water partition coefficient (Wildman–Crippen LogP) is 3.04. The molecule has 6 heteroatoms. The summed E-state index contributed by atoms with van der Waals surface area (Å²) in [4.78, 5) is 13.3. The number of carbonyl (C=O) groups excluding carboxylic acids is 1. The normalized spacial score (nSPS) is 30.4. The summed E-state index contributed by atoms with van der Waals surface area (Å²) in [5, 5.41) is 11.0. The van der Waals surface area contributed by atoms with Gasteiger partial charge in [0, 0.05) is 16.4 Å². The summed E-state index contributed by atoms with van der Waals surface area (Å²) < 4.78 is 29.0. The first-order valence-corrected chi connectivity index (χ1v) is 11.1. The lowest BCUT2D eigenvalue weighted by atomic mass is 9.67. The highest BCUT2D eigenvalue weighted by Gasteiger charge is 2.66. The number of benzene rings is 1. The molecule has 0 saturated heterocycles. The summed E-state index contributed by atoms with van der Waals surface area (Å²) in [7, 11) is -3.76. The molecule has 0 heterocycles.